The first-order valence-electron chi connectivity index (χ1n) is 8.39. The molecule has 1 unspecified atom stereocenters. The Hall–Kier alpha value is -2.44. The molecule has 2 N–H and O–H groups in total. The van der Waals surface area contributed by atoms with Gasteiger partial charge < -0.3 is 14.7 Å². The second-order valence-electron chi connectivity index (χ2n) is 6.37. The van der Waals surface area contributed by atoms with Crippen molar-refractivity contribution >= 4 is 27.5 Å². The Bertz CT molecular complexity index is 893. The Kier molecular flexibility index (Phi) is 5.85. The summed E-state index contributed by atoms with van der Waals surface area (Å²) in [7, 11) is 1.96. The number of halogens is 1. The van der Waals surface area contributed by atoms with Gasteiger partial charge in [0, 0.05) is 21.8 Å². The molecule has 3 aromatic rings. The molecule has 0 aliphatic rings. The van der Waals surface area contributed by atoms with Crippen molar-refractivity contribution in [2.75, 3.05) is 18.9 Å². The molecule has 1 aromatic heterocycles. The minimum atomic E-state index is -0.0281. The van der Waals surface area contributed by atoms with Crippen molar-refractivity contribution < 1.29 is 14.2 Å². The number of rotatable bonds is 6. The van der Waals surface area contributed by atoms with Crippen LogP contribution < -0.4 is 10.2 Å². The maximum Gasteiger partial charge on any atom is 0.279 e. The zero-order chi connectivity index (χ0) is 18.5. The van der Waals surface area contributed by atoms with E-state index in [0.29, 0.717) is 13.1 Å². The number of hydrogen-bond donors (Lipinski definition) is 2. The molecule has 1 atom stereocenters. The molecule has 1 heterocycles. The van der Waals surface area contributed by atoms with Crippen molar-refractivity contribution in [2.24, 2.45) is 0 Å². The summed E-state index contributed by atoms with van der Waals surface area (Å²) in [6.07, 6.45) is 0. The van der Waals surface area contributed by atoms with E-state index in [9.17, 15) is 4.79 Å². The smallest absolute Gasteiger partial charge is 0.279 e. The first-order valence-corrected chi connectivity index (χ1v) is 9.19. The van der Waals surface area contributed by atoms with Crippen LogP contribution in [0.2, 0.25) is 0 Å². The van der Waals surface area contributed by atoms with E-state index in [1.54, 1.807) is 0 Å². The fraction of sp³-hybridized carbons (Fsp3) is 0.200. The number of quaternary nitrogens is 1. The van der Waals surface area contributed by atoms with Crippen LogP contribution in [0.3, 0.4) is 0 Å². The summed E-state index contributed by atoms with van der Waals surface area (Å²) >= 11 is 3.43. The van der Waals surface area contributed by atoms with Crippen LogP contribution in [-0.2, 0) is 11.3 Å². The molecule has 0 saturated carbocycles. The molecule has 0 bridgehead atoms. The average Bonchev–Trinajstić information content (AvgIpc) is 3.06. The van der Waals surface area contributed by atoms with E-state index in [-0.39, 0.29) is 5.91 Å². The van der Waals surface area contributed by atoms with Crippen LogP contribution in [0.5, 0.6) is 0 Å². The lowest BCUT2D eigenvalue weighted by Gasteiger charge is -2.13. The highest BCUT2D eigenvalue weighted by atomic mass is 79.9. The minimum absolute atomic E-state index is 0.0281. The van der Waals surface area contributed by atoms with Gasteiger partial charge in [0.2, 0.25) is 0 Å². The molecule has 0 radical (unpaired) electrons. The van der Waals surface area contributed by atoms with Crippen molar-refractivity contribution in [2.45, 2.75) is 13.5 Å². The van der Waals surface area contributed by atoms with E-state index in [4.69, 9.17) is 4.52 Å². The largest absolute Gasteiger partial charge is 0.356 e. The van der Waals surface area contributed by atoms with Crippen molar-refractivity contribution in [1.82, 2.24) is 5.16 Å². The molecular formula is C20H21BrN3O2+. The molecular weight excluding hydrogens is 394 g/mol. The second kappa shape index (κ2) is 8.29. The predicted octanol–water partition coefficient (Wildman–Crippen LogP) is 3.07. The predicted molar refractivity (Wildman–Crippen MR) is 105 cm³/mol. The van der Waals surface area contributed by atoms with Crippen LogP contribution in [0, 0.1) is 6.92 Å². The van der Waals surface area contributed by atoms with Gasteiger partial charge in [-0.2, -0.15) is 0 Å². The highest BCUT2D eigenvalue weighted by Crippen LogP contribution is 2.20. The third kappa shape index (κ3) is 4.80. The van der Waals surface area contributed by atoms with Crippen molar-refractivity contribution in [1.29, 1.82) is 0 Å². The Balaban J connectivity index is 1.56. The van der Waals surface area contributed by atoms with Gasteiger partial charge in [0.1, 0.15) is 12.2 Å². The van der Waals surface area contributed by atoms with E-state index >= 15 is 0 Å². The molecule has 6 heteroatoms. The van der Waals surface area contributed by atoms with E-state index in [0.717, 1.165) is 37.6 Å². The number of benzene rings is 2. The SMILES string of the molecule is Cc1cc(Br)ccc1NC(=O)C[NH+](C)Cc1cc(-c2ccccc2)on1. The molecule has 134 valence electrons. The number of anilines is 1. The molecule has 0 fully saturated rings. The van der Waals surface area contributed by atoms with Crippen LogP contribution in [0.1, 0.15) is 11.3 Å². The Morgan fingerprint density at radius 3 is 2.69 bits per heavy atom. The number of carbonyl (C=O) groups is 1. The molecule has 26 heavy (non-hydrogen) atoms. The van der Waals surface area contributed by atoms with Crippen LogP contribution in [0.15, 0.2) is 63.6 Å². The number of hydrogen-bond acceptors (Lipinski definition) is 3. The Labute approximate surface area is 161 Å². The van der Waals surface area contributed by atoms with E-state index in [1.165, 1.54) is 0 Å². The zero-order valence-corrected chi connectivity index (χ0v) is 16.3. The monoisotopic (exact) mass is 414 g/mol. The fourth-order valence-electron chi connectivity index (χ4n) is 2.74. The van der Waals surface area contributed by atoms with Gasteiger partial charge in [-0.25, -0.2) is 0 Å². The third-order valence-electron chi connectivity index (χ3n) is 4.03. The summed E-state index contributed by atoms with van der Waals surface area (Å²) in [5, 5.41) is 7.08. The lowest BCUT2D eigenvalue weighted by molar-refractivity contribution is -0.885. The number of aromatic nitrogens is 1. The summed E-state index contributed by atoms with van der Waals surface area (Å²) in [5.74, 6) is 0.711. The average molecular weight is 415 g/mol. The molecule has 1 amide bonds. The van der Waals surface area contributed by atoms with Gasteiger partial charge >= 0.3 is 0 Å². The maximum absolute atomic E-state index is 12.3. The van der Waals surface area contributed by atoms with Gasteiger partial charge in [-0.3, -0.25) is 4.79 Å². The van der Waals surface area contributed by atoms with Crippen molar-refractivity contribution in [3.05, 3.63) is 70.3 Å². The lowest BCUT2D eigenvalue weighted by atomic mass is 10.1. The van der Waals surface area contributed by atoms with Gasteiger partial charge in [-0.1, -0.05) is 51.4 Å². The van der Waals surface area contributed by atoms with Crippen molar-refractivity contribution in [3.63, 3.8) is 0 Å². The lowest BCUT2D eigenvalue weighted by Crippen LogP contribution is -3.08. The van der Waals surface area contributed by atoms with Crippen LogP contribution in [0.4, 0.5) is 5.69 Å². The van der Waals surface area contributed by atoms with Gasteiger partial charge in [0.25, 0.3) is 5.91 Å². The molecule has 0 spiro atoms. The summed E-state index contributed by atoms with van der Waals surface area (Å²) < 4.78 is 6.41. The molecule has 0 aliphatic carbocycles. The topological polar surface area (TPSA) is 59.6 Å². The summed E-state index contributed by atoms with van der Waals surface area (Å²) in [4.78, 5) is 13.3. The maximum atomic E-state index is 12.3. The summed E-state index contributed by atoms with van der Waals surface area (Å²) in [6, 6.07) is 17.6. The van der Waals surface area contributed by atoms with Gasteiger partial charge in [0.05, 0.1) is 7.05 Å². The van der Waals surface area contributed by atoms with E-state index < -0.39 is 0 Å². The fourth-order valence-corrected chi connectivity index (χ4v) is 3.22. The van der Waals surface area contributed by atoms with E-state index in [2.05, 4.69) is 26.4 Å². The number of amides is 1. The van der Waals surface area contributed by atoms with Gasteiger partial charge in [-0.15, -0.1) is 0 Å². The first kappa shape index (κ1) is 18.4. The third-order valence-corrected chi connectivity index (χ3v) is 4.52. The number of likely N-dealkylation sites (N-methyl/N-ethyl adjacent to an activating group) is 1. The number of aryl methyl sites for hydroxylation is 1. The zero-order valence-electron chi connectivity index (χ0n) is 14.8. The van der Waals surface area contributed by atoms with Crippen LogP contribution in [0.25, 0.3) is 11.3 Å². The van der Waals surface area contributed by atoms with Crippen LogP contribution in [-0.4, -0.2) is 24.7 Å². The quantitative estimate of drug-likeness (QED) is 0.651. The summed E-state index contributed by atoms with van der Waals surface area (Å²) in [5.41, 5.74) is 3.68. The molecule has 2 aromatic carbocycles. The molecule has 0 aliphatic heterocycles. The normalized spacial score (nSPS) is 12.0. The van der Waals surface area contributed by atoms with E-state index in [1.807, 2.05) is 68.6 Å². The number of nitrogens with one attached hydrogen (secondary N) is 2. The van der Waals surface area contributed by atoms with Crippen molar-refractivity contribution in [3.8, 4) is 11.3 Å². The standard InChI is InChI=1S/C20H20BrN3O2/c1-14-10-16(21)8-9-18(14)22-20(25)13-24(2)12-17-11-19(26-23-17)15-6-4-3-5-7-15/h3-11H,12-13H2,1-2H3,(H,22,25)/p+1. The van der Waals surface area contributed by atoms with Crippen LogP contribution >= 0.6 is 15.9 Å². The van der Waals surface area contributed by atoms with Gasteiger partial charge in [-0.05, 0) is 30.7 Å². The second-order valence-corrected chi connectivity index (χ2v) is 7.28. The number of carbonyl (C=O) groups excluding carboxylic acids is 1. The minimum Gasteiger partial charge on any atom is -0.356 e. The molecule has 3 rings (SSSR count). The summed E-state index contributed by atoms with van der Waals surface area (Å²) in [6.45, 7) is 2.93. The van der Waals surface area contributed by atoms with Gasteiger partial charge in [0.15, 0.2) is 12.3 Å². The molecule has 0 saturated heterocycles. The highest BCUT2D eigenvalue weighted by molar-refractivity contribution is 9.10. The number of nitrogens with zero attached hydrogens (tertiary/aromatic N) is 1. The Morgan fingerprint density at radius 2 is 1.96 bits per heavy atom. The first-order chi connectivity index (χ1) is 12.5. The molecule has 5 nitrogen and oxygen atoms in total. The Morgan fingerprint density at radius 1 is 1.19 bits per heavy atom. The highest BCUT2D eigenvalue weighted by Gasteiger charge is 2.15.